The molecule has 8 rings (SSSR count). The Morgan fingerprint density at radius 1 is 0.425 bits per heavy atom. The third-order valence-corrected chi connectivity index (χ3v) is 7.81. The highest BCUT2D eigenvalue weighted by molar-refractivity contribution is 6.21. The zero-order valence-electron chi connectivity index (χ0n) is 21.6. The summed E-state index contributed by atoms with van der Waals surface area (Å²) in [5.74, 6) is 0. The van der Waals surface area contributed by atoms with Crippen molar-refractivity contribution in [2.75, 3.05) is 0 Å². The van der Waals surface area contributed by atoms with Gasteiger partial charge in [-0.3, -0.25) is 9.97 Å². The first kappa shape index (κ1) is 22.6. The fourth-order valence-corrected chi connectivity index (χ4v) is 5.91. The van der Waals surface area contributed by atoms with Crippen molar-refractivity contribution in [2.45, 2.75) is 0 Å². The van der Waals surface area contributed by atoms with Crippen LogP contribution >= 0.6 is 0 Å². The van der Waals surface area contributed by atoms with E-state index < -0.39 is 0 Å². The second-order valence-electron chi connectivity index (χ2n) is 10.1. The molecule has 186 valence electrons. The second-order valence-corrected chi connectivity index (χ2v) is 10.1. The fourth-order valence-electron chi connectivity index (χ4n) is 5.91. The molecule has 8 aromatic rings. The molecule has 3 heterocycles. The van der Waals surface area contributed by atoms with Gasteiger partial charge < -0.3 is 0 Å². The van der Waals surface area contributed by atoms with Crippen LogP contribution < -0.4 is 0 Å². The summed E-state index contributed by atoms with van der Waals surface area (Å²) in [4.78, 5) is 14.3. The molecule has 0 unspecified atom stereocenters. The molecule has 0 saturated heterocycles. The molecule has 3 aromatic heterocycles. The molecule has 0 fully saturated rings. The van der Waals surface area contributed by atoms with Gasteiger partial charge >= 0.3 is 0 Å². The molecule has 3 heteroatoms. The van der Waals surface area contributed by atoms with Crippen molar-refractivity contribution in [3.05, 3.63) is 140 Å². The van der Waals surface area contributed by atoms with Crippen molar-refractivity contribution in [1.82, 2.24) is 15.0 Å². The van der Waals surface area contributed by atoms with Gasteiger partial charge in [0.05, 0.1) is 16.7 Å². The van der Waals surface area contributed by atoms with E-state index in [1.54, 1.807) is 0 Å². The van der Waals surface area contributed by atoms with Crippen molar-refractivity contribution in [2.24, 2.45) is 0 Å². The van der Waals surface area contributed by atoms with Crippen LogP contribution in [0.3, 0.4) is 0 Å². The molecule has 0 bridgehead atoms. The van der Waals surface area contributed by atoms with Crippen molar-refractivity contribution in [3.8, 4) is 33.5 Å². The van der Waals surface area contributed by atoms with E-state index >= 15 is 0 Å². The SMILES string of the molecule is c1ccc(-c2cnccc2-c2ccc(-c3c4ccc5ccccc5c4nc4c3ccc3ccccc34)cc2)nc1. The Bertz CT molecular complexity index is 2110. The van der Waals surface area contributed by atoms with Gasteiger partial charge in [-0.1, -0.05) is 103 Å². The number of fused-ring (bicyclic) bond motifs is 6. The largest absolute Gasteiger partial charge is 0.264 e. The summed E-state index contributed by atoms with van der Waals surface area (Å²) in [7, 11) is 0. The summed E-state index contributed by atoms with van der Waals surface area (Å²) >= 11 is 0. The van der Waals surface area contributed by atoms with Gasteiger partial charge in [0.25, 0.3) is 0 Å². The van der Waals surface area contributed by atoms with Gasteiger partial charge in [0.15, 0.2) is 0 Å². The topological polar surface area (TPSA) is 38.7 Å². The molecular weight excluding hydrogens is 486 g/mol. The summed E-state index contributed by atoms with van der Waals surface area (Å²) in [5, 5.41) is 7.06. The Morgan fingerprint density at radius 2 is 1.05 bits per heavy atom. The predicted molar refractivity (Wildman–Crippen MR) is 166 cm³/mol. The van der Waals surface area contributed by atoms with Gasteiger partial charge in [-0.25, -0.2) is 4.98 Å². The summed E-state index contributed by atoms with van der Waals surface area (Å²) < 4.78 is 0. The minimum absolute atomic E-state index is 0.916. The number of aromatic nitrogens is 3. The van der Waals surface area contributed by atoms with Gasteiger partial charge in [0, 0.05) is 51.3 Å². The quantitative estimate of drug-likeness (QED) is 0.176. The smallest absolute Gasteiger partial charge is 0.0794 e. The Kier molecular flexibility index (Phi) is 5.14. The Morgan fingerprint density at radius 3 is 1.70 bits per heavy atom. The summed E-state index contributed by atoms with van der Waals surface area (Å²) in [6.07, 6.45) is 5.56. The number of benzene rings is 5. The van der Waals surface area contributed by atoms with Crippen LogP contribution in [-0.4, -0.2) is 15.0 Å². The second kappa shape index (κ2) is 9.11. The van der Waals surface area contributed by atoms with E-state index in [1.807, 2.05) is 36.8 Å². The lowest BCUT2D eigenvalue weighted by Gasteiger charge is -2.15. The number of pyridine rings is 3. The molecule has 5 aromatic carbocycles. The standard InChI is InChI=1S/C37H23N3/c1-3-9-29-24(7-1)16-18-31-35(32-19-17-25-8-2-4-10-30(25)37(32)40-36(29)31)27-14-12-26(13-15-27)28-20-22-38-23-33(28)34-11-5-6-21-39-34/h1-23H. The normalized spacial score (nSPS) is 11.5. The Labute approximate surface area is 231 Å². The lowest BCUT2D eigenvalue weighted by Crippen LogP contribution is -1.92. The lowest BCUT2D eigenvalue weighted by molar-refractivity contribution is 1.28. The molecular formula is C37H23N3. The first-order chi connectivity index (χ1) is 19.8. The highest BCUT2D eigenvalue weighted by Crippen LogP contribution is 2.40. The van der Waals surface area contributed by atoms with Crippen molar-refractivity contribution in [3.63, 3.8) is 0 Å². The molecule has 0 aliphatic carbocycles. The Hall–Kier alpha value is -5.41. The fraction of sp³-hybridized carbons (Fsp3) is 0. The van der Waals surface area contributed by atoms with E-state index in [4.69, 9.17) is 4.98 Å². The van der Waals surface area contributed by atoms with Crippen LogP contribution in [-0.2, 0) is 0 Å². The zero-order valence-corrected chi connectivity index (χ0v) is 21.6. The van der Waals surface area contributed by atoms with Gasteiger partial charge in [-0.15, -0.1) is 0 Å². The van der Waals surface area contributed by atoms with Crippen LogP contribution in [0.1, 0.15) is 0 Å². The van der Waals surface area contributed by atoms with Crippen LogP contribution in [0.4, 0.5) is 0 Å². The van der Waals surface area contributed by atoms with Gasteiger partial charge in [0.1, 0.15) is 0 Å². The average molecular weight is 510 g/mol. The summed E-state index contributed by atoms with van der Waals surface area (Å²) in [6, 6.07) is 42.8. The van der Waals surface area contributed by atoms with Gasteiger partial charge in [-0.2, -0.15) is 0 Å². The molecule has 0 spiro atoms. The van der Waals surface area contributed by atoms with E-state index in [-0.39, 0.29) is 0 Å². The van der Waals surface area contributed by atoms with E-state index in [9.17, 15) is 0 Å². The van der Waals surface area contributed by atoms with Gasteiger partial charge in [0.2, 0.25) is 0 Å². The molecule has 0 aliphatic rings. The third-order valence-electron chi connectivity index (χ3n) is 7.81. The maximum atomic E-state index is 5.32. The highest BCUT2D eigenvalue weighted by Gasteiger charge is 2.16. The lowest BCUT2D eigenvalue weighted by atomic mass is 9.91. The molecule has 40 heavy (non-hydrogen) atoms. The van der Waals surface area contributed by atoms with Crippen molar-refractivity contribution in [1.29, 1.82) is 0 Å². The number of rotatable bonds is 3. The molecule has 3 nitrogen and oxygen atoms in total. The average Bonchev–Trinajstić information content (AvgIpc) is 3.04. The molecule has 0 N–H and O–H groups in total. The van der Waals surface area contributed by atoms with E-state index in [1.165, 1.54) is 32.7 Å². The maximum absolute atomic E-state index is 5.32. The third kappa shape index (κ3) is 3.56. The van der Waals surface area contributed by atoms with Crippen LogP contribution in [0.5, 0.6) is 0 Å². The van der Waals surface area contributed by atoms with Gasteiger partial charge in [-0.05, 0) is 45.7 Å². The monoisotopic (exact) mass is 509 g/mol. The van der Waals surface area contributed by atoms with E-state index in [0.717, 1.165) is 44.2 Å². The van der Waals surface area contributed by atoms with Crippen LogP contribution in [0.25, 0.3) is 76.9 Å². The van der Waals surface area contributed by atoms with Crippen molar-refractivity contribution < 1.29 is 0 Å². The first-order valence-corrected chi connectivity index (χ1v) is 13.4. The highest BCUT2D eigenvalue weighted by atomic mass is 14.7. The summed E-state index contributed by atoms with van der Waals surface area (Å²) in [5.41, 5.74) is 8.63. The molecule has 0 radical (unpaired) electrons. The van der Waals surface area contributed by atoms with Crippen LogP contribution in [0.2, 0.25) is 0 Å². The van der Waals surface area contributed by atoms with E-state index in [2.05, 4.69) is 113 Å². The number of nitrogens with zero attached hydrogens (tertiary/aromatic N) is 3. The minimum atomic E-state index is 0.916. The number of hydrogen-bond acceptors (Lipinski definition) is 3. The van der Waals surface area contributed by atoms with Crippen molar-refractivity contribution >= 4 is 43.4 Å². The summed E-state index contributed by atoms with van der Waals surface area (Å²) in [6.45, 7) is 0. The van der Waals surface area contributed by atoms with Crippen LogP contribution in [0.15, 0.2) is 140 Å². The maximum Gasteiger partial charge on any atom is 0.0794 e. The minimum Gasteiger partial charge on any atom is -0.264 e. The van der Waals surface area contributed by atoms with Crippen LogP contribution in [0, 0.1) is 0 Å². The molecule has 0 amide bonds. The van der Waals surface area contributed by atoms with E-state index in [0.29, 0.717) is 0 Å². The first-order valence-electron chi connectivity index (χ1n) is 13.4. The zero-order chi connectivity index (χ0) is 26.5. The molecule has 0 saturated carbocycles. The molecule has 0 aliphatic heterocycles. The Balaban J connectivity index is 1.39. The molecule has 0 atom stereocenters. The number of hydrogen-bond donors (Lipinski definition) is 0. The predicted octanol–water partition coefficient (Wildman–Crippen LogP) is 9.49.